The molecule has 1 aliphatic rings. The molecule has 0 amide bonds. The highest BCUT2D eigenvalue weighted by molar-refractivity contribution is 7.87. The zero-order chi connectivity index (χ0) is 13.1. The molecule has 1 saturated carbocycles. The molecular formula is C10H20N2O4S. The summed E-state index contributed by atoms with van der Waals surface area (Å²) in [7, 11) is -3.52. The van der Waals surface area contributed by atoms with Gasteiger partial charge in [-0.2, -0.15) is 13.1 Å². The zero-order valence-electron chi connectivity index (χ0n) is 10.2. The molecule has 0 spiro atoms. The summed E-state index contributed by atoms with van der Waals surface area (Å²) in [4.78, 5) is 10.7. The molecule has 3 N–H and O–H groups in total. The lowest BCUT2D eigenvalue weighted by Gasteiger charge is -2.40. The van der Waals surface area contributed by atoms with Crippen LogP contribution in [0.15, 0.2) is 0 Å². The van der Waals surface area contributed by atoms with E-state index in [0.717, 1.165) is 19.3 Å². The Bertz CT molecular complexity index is 374. The van der Waals surface area contributed by atoms with Crippen LogP contribution >= 0.6 is 0 Å². The minimum atomic E-state index is -3.52. The van der Waals surface area contributed by atoms with Crippen molar-refractivity contribution in [2.24, 2.45) is 5.41 Å². The van der Waals surface area contributed by atoms with Crippen molar-refractivity contribution in [1.29, 1.82) is 0 Å². The molecule has 1 rings (SSSR count). The van der Waals surface area contributed by atoms with E-state index in [1.807, 2.05) is 0 Å². The van der Waals surface area contributed by atoms with Crippen molar-refractivity contribution in [3.8, 4) is 0 Å². The molecule has 0 heterocycles. The maximum Gasteiger partial charge on any atom is 0.303 e. The van der Waals surface area contributed by atoms with Gasteiger partial charge in [-0.1, -0.05) is 6.42 Å². The van der Waals surface area contributed by atoms with Gasteiger partial charge in [0.1, 0.15) is 0 Å². The predicted octanol–water partition coefficient (Wildman–Crippen LogP) is 0.464. The molecule has 0 aromatic heterocycles. The van der Waals surface area contributed by atoms with E-state index in [2.05, 4.69) is 9.44 Å². The Morgan fingerprint density at radius 2 is 2.00 bits per heavy atom. The standard InChI is InChI=1S/C10H20N2O4S/c1-8(2)12-17(15,16)11-7-10(4-3-5-10)6-9(13)14/h8,11-12H,3-7H2,1-2H3,(H,13,14). The van der Waals surface area contributed by atoms with Crippen LogP contribution in [0.1, 0.15) is 39.5 Å². The quantitative estimate of drug-likeness (QED) is 0.622. The van der Waals surface area contributed by atoms with Crippen LogP contribution in [-0.4, -0.2) is 32.1 Å². The summed E-state index contributed by atoms with van der Waals surface area (Å²) in [6.07, 6.45) is 2.52. The zero-order valence-corrected chi connectivity index (χ0v) is 11.0. The van der Waals surface area contributed by atoms with E-state index in [-0.39, 0.29) is 19.0 Å². The number of carboxylic acid groups (broad SMARTS) is 1. The van der Waals surface area contributed by atoms with Gasteiger partial charge in [-0.25, -0.2) is 4.72 Å². The van der Waals surface area contributed by atoms with E-state index in [1.54, 1.807) is 13.8 Å². The van der Waals surface area contributed by atoms with Crippen LogP contribution in [0, 0.1) is 5.41 Å². The highest BCUT2D eigenvalue weighted by Gasteiger charge is 2.39. The number of rotatable bonds is 7. The third-order valence-electron chi connectivity index (χ3n) is 2.97. The Morgan fingerprint density at radius 3 is 2.35 bits per heavy atom. The summed E-state index contributed by atoms with van der Waals surface area (Å²) in [5.74, 6) is -0.874. The topological polar surface area (TPSA) is 95.5 Å². The second-order valence-corrected chi connectivity index (χ2v) is 6.55. The lowest BCUT2D eigenvalue weighted by atomic mass is 9.67. The minimum Gasteiger partial charge on any atom is -0.481 e. The number of nitrogens with one attached hydrogen (secondary N) is 2. The molecule has 0 bridgehead atoms. The van der Waals surface area contributed by atoms with Crippen LogP contribution in [0.25, 0.3) is 0 Å². The fourth-order valence-corrected chi connectivity index (χ4v) is 3.21. The molecule has 1 fully saturated rings. The van der Waals surface area contributed by atoms with Crippen LogP contribution in [0.4, 0.5) is 0 Å². The van der Waals surface area contributed by atoms with Gasteiger partial charge in [0.2, 0.25) is 0 Å². The van der Waals surface area contributed by atoms with Crippen molar-refractivity contribution in [3.63, 3.8) is 0 Å². The second-order valence-electron chi connectivity index (χ2n) is 5.02. The first-order chi connectivity index (χ1) is 7.75. The molecule has 0 saturated heterocycles. The Kier molecular flexibility index (Phi) is 4.51. The maximum absolute atomic E-state index is 11.5. The molecule has 17 heavy (non-hydrogen) atoms. The molecule has 0 atom stereocenters. The normalized spacial score (nSPS) is 19.0. The van der Waals surface area contributed by atoms with Gasteiger partial charge in [0.15, 0.2) is 0 Å². The van der Waals surface area contributed by atoms with E-state index in [1.165, 1.54) is 0 Å². The Balaban J connectivity index is 2.51. The number of carbonyl (C=O) groups is 1. The Hall–Kier alpha value is -0.660. The van der Waals surface area contributed by atoms with E-state index in [0.29, 0.717) is 0 Å². The summed E-state index contributed by atoms with van der Waals surface area (Å²) in [6.45, 7) is 3.66. The molecule has 0 aliphatic heterocycles. The van der Waals surface area contributed by atoms with Crippen LogP contribution in [0.2, 0.25) is 0 Å². The van der Waals surface area contributed by atoms with Crippen LogP contribution in [0.5, 0.6) is 0 Å². The number of aliphatic carboxylic acids is 1. The van der Waals surface area contributed by atoms with Crippen molar-refractivity contribution in [2.75, 3.05) is 6.54 Å². The van der Waals surface area contributed by atoms with Gasteiger partial charge in [0, 0.05) is 12.6 Å². The fourth-order valence-electron chi connectivity index (χ4n) is 2.01. The lowest BCUT2D eigenvalue weighted by Crippen LogP contribution is -2.48. The molecule has 0 radical (unpaired) electrons. The van der Waals surface area contributed by atoms with Crippen molar-refractivity contribution < 1.29 is 18.3 Å². The average Bonchev–Trinajstić information content (AvgIpc) is 2.06. The number of hydrogen-bond donors (Lipinski definition) is 3. The van der Waals surface area contributed by atoms with E-state index >= 15 is 0 Å². The predicted molar refractivity (Wildman–Crippen MR) is 63.7 cm³/mol. The Morgan fingerprint density at radius 1 is 1.41 bits per heavy atom. The highest BCUT2D eigenvalue weighted by Crippen LogP contribution is 2.43. The third kappa shape index (κ3) is 4.61. The highest BCUT2D eigenvalue weighted by atomic mass is 32.2. The summed E-state index contributed by atoms with van der Waals surface area (Å²) >= 11 is 0. The van der Waals surface area contributed by atoms with E-state index in [4.69, 9.17) is 5.11 Å². The van der Waals surface area contributed by atoms with E-state index in [9.17, 15) is 13.2 Å². The molecule has 100 valence electrons. The summed E-state index contributed by atoms with van der Waals surface area (Å²) in [5, 5.41) is 8.80. The molecule has 1 aliphatic carbocycles. The monoisotopic (exact) mass is 264 g/mol. The van der Waals surface area contributed by atoms with E-state index < -0.39 is 21.6 Å². The summed E-state index contributed by atoms with van der Waals surface area (Å²) in [6, 6.07) is -0.177. The first-order valence-electron chi connectivity index (χ1n) is 5.73. The molecule has 7 heteroatoms. The van der Waals surface area contributed by atoms with Gasteiger partial charge in [0.25, 0.3) is 10.2 Å². The minimum absolute atomic E-state index is 0.0250. The van der Waals surface area contributed by atoms with Crippen LogP contribution in [0.3, 0.4) is 0 Å². The van der Waals surface area contributed by atoms with Gasteiger partial charge < -0.3 is 5.11 Å². The molecular weight excluding hydrogens is 244 g/mol. The van der Waals surface area contributed by atoms with Crippen molar-refractivity contribution in [3.05, 3.63) is 0 Å². The van der Waals surface area contributed by atoms with Gasteiger partial charge >= 0.3 is 5.97 Å². The molecule has 6 nitrogen and oxygen atoms in total. The van der Waals surface area contributed by atoms with Gasteiger partial charge in [-0.05, 0) is 32.1 Å². The van der Waals surface area contributed by atoms with Crippen LogP contribution < -0.4 is 9.44 Å². The largest absolute Gasteiger partial charge is 0.481 e. The average molecular weight is 264 g/mol. The molecule has 0 aromatic carbocycles. The third-order valence-corrected chi connectivity index (χ3v) is 4.27. The van der Waals surface area contributed by atoms with Gasteiger partial charge in [-0.15, -0.1) is 0 Å². The summed E-state index contributed by atoms with van der Waals surface area (Å²) in [5.41, 5.74) is -0.391. The van der Waals surface area contributed by atoms with Crippen molar-refractivity contribution in [1.82, 2.24) is 9.44 Å². The first kappa shape index (κ1) is 14.4. The first-order valence-corrected chi connectivity index (χ1v) is 7.22. The molecule has 0 unspecified atom stereocenters. The summed E-state index contributed by atoms with van der Waals surface area (Å²) < 4.78 is 27.9. The van der Waals surface area contributed by atoms with Crippen molar-refractivity contribution >= 4 is 16.2 Å². The smallest absolute Gasteiger partial charge is 0.303 e. The lowest BCUT2D eigenvalue weighted by molar-refractivity contribution is -0.141. The van der Waals surface area contributed by atoms with Gasteiger partial charge in [0.05, 0.1) is 6.42 Å². The SMILES string of the molecule is CC(C)NS(=O)(=O)NCC1(CC(=O)O)CCC1. The molecule has 0 aromatic rings. The number of hydrogen-bond acceptors (Lipinski definition) is 3. The second kappa shape index (κ2) is 5.32. The number of carboxylic acids is 1. The van der Waals surface area contributed by atoms with Gasteiger partial charge in [-0.3, -0.25) is 4.79 Å². The fraction of sp³-hybridized carbons (Fsp3) is 0.900. The maximum atomic E-state index is 11.5. The van der Waals surface area contributed by atoms with Crippen molar-refractivity contribution in [2.45, 2.75) is 45.6 Å². The Labute approximate surface area is 102 Å². The van der Waals surface area contributed by atoms with Crippen LogP contribution in [-0.2, 0) is 15.0 Å².